The van der Waals surface area contributed by atoms with Gasteiger partial charge in [-0.15, -0.1) is 0 Å². The summed E-state index contributed by atoms with van der Waals surface area (Å²) in [6.07, 6.45) is 5.44. The zero-order valence-corrected chi connectivity index (χ0v) is 14.3. The number of nitrogens with zero attached hydrogens (tertiary/aromatic N) is 2. The van der Waals surface area contributed by atoms with Crippen LogP contribution in [-0.2, 0) is 0 Å². The summed E-state index contributed by atoms with van der Waals surface area (Å²) in [6.45, 7) is 2.09. The minimum absolute atomic E-state index is 0.0890. The third-order valence-corrected chi connectivity index (χ3v) is 4.65. The molecule has 0 radical (unpaired) electrons. The molecule has 128 valence electrons. The Kier molecular flexibility index (Phi) is 3.97. The molecule has 1 amide bonds. The van der Waals surface area contributed by atoms with Gasteiger partial charge in [0.05, 0.1) is 5.69 Å². The van der Waals surface area contributed by atoms with E-state index in [1.165, 1.54) is 0 Å². The van der Waals surface area contributed by atoms with Gasteiger partial charge in [-0.1, -0.05) is 19.1 Å². The van der Waals surface area contributed by atoms with Crippen LogP contribution in [0.3, 0.4) is 0 Å². The smallest absolute Gasteiger partial charge is 0.249 e. The first-order valence-corrected chi connectivity index (χ1v) is 8.41. The minimum Gasteiger partial charge on any atom is -0.366 e. The van der Waals surface area contributed by atoms with Crippen molar-refractivity contribution in [1.82, 2.24) is 15.0 Å². The first-order chi connectivity index (χ1) is 12.6. The Morgan fingerprint density at radius 3 is 2.77 bits per heavy atom. The molecule has 0 saturated carbocycles. The molecular weight excluding hydrogens is 324 g/mol. The zero-order chi connectivity index (χ0) is 18.1. The maximum Gasteiger partial charge on any atom is 0.249 e. The SMILES string of the molecule is CC(c1ccc(C(N)=O)c(-c2cc3[nH]ccc3cn2)c1)c1ccccn1. The van der Waals surface area contributed by atoms with Gasteiger partial charge in [-0.05, 0) is 42.0 Å². The molecule has 5 nitrogen and oxygen atoms in total. The number of nitrogens with two attached hydrogens (primary N) is 1. The second-order valence-electron chi connectivity index (χ2n) is 6.28. The molecule has 0 bridgehead atoms. The Hall–Kier alpha value is -3.47. The lowest BCUT2D eigenvalue weighted by molar-refractivity contribution is 0.100. The van der Waals surface area contributed by atoms with Gasteiger partial charge in [0.15, 0.2) is 0 Å². The Balaban J connectivity index is 1.84. The number of aromatic amines is 1. The van der Waals surface area contributed by atoms with E-state index >= 15 is 0 Å². The van der Waals surface area contributed by atoms with Crippen molar-refractivity contribution < 1.29 is 4.79 Å². The fourth-order valence-corrected chi connectivity index (χ4v) is 3.15. The number of H-pyrrole nitrogens is 1. The average Bonchev–Trinajstić information content (AvgIpc) is 3.15. The molecule has 1 aromatic carbocycles. The molecule has 1 atom stereocenters. The molecule has 0 aliphatic rings. The minimum atomic E-state index is -0.467. The van der Waals surface area contributed by atoms with Crippen molar-refractivity contribution in [3.05, 3.63) is 83.9 Å². The molecule has 3 aromatic heterocycles. The number of hydrogen-bond donors (Lipinski definition) is 2. The molecule has 4 aromatic rings. The van der Waals surface area contributed by atoms with Crippen LogP contribution in [0.25, 0.3) is 22.2 Å². The quantitative estimate of drug-likeness (QED) is 0.590. The summed E-state index contributed by atoms with van der Waals surface area (Å²) >= 11 is 0. The van der Waals surface area contributed by atoms with Gasteiger partial charge >= 0.3 is 0 Å². The fraction of sp³-hybridized carbons (Fsp3) is 0.0952. The molecule has 3 heterocycles. The van der Waals surface area contributed by atoms with Crippen LogP contribution in [-0.4, -0.2) is 20.9 Å². The van der Waals surface area contributed by atoms with Gasteiger partial charge in [0.25, 0.3) is 0 Å². The Morgan fingerprint density at radius 2 is 2.00 bits per heavy atom. The second kappa shape index (κ2) is 6.44. The van der Waals surface area contributed by atoms with E-state index in [-0.39, 0.29) is 5.92 Å². The van der Waals surface area contributed by atoms with Crippen molar-refractivity contribution >= 4 is 16.8 Å². The van der Waals surface area contributed by atoms with Crippen molar-refractivity contribution in [2.45, 2.75) is 12.8 Å². The molecule has 0 fully saturated rings. The molecule has 1 unspecified atom stereocenters. The molecule has 26 heavy (non-hydrogen) atoms. The number of hydrogen-bond acceptors (Lipinski definition) is 3. The molecule has 4 rings (SSSR count). The Bertz CT molecular complexity index is 1090. The van der Waals surface area contributed by atoms with Crippen molar-refractivity contribution in [2.24, 2.45) is 5.73 Å². The van der Waals surface area contributed by atoms with E-state index < -0.39 is 5.91 Å². The van der Waals surface area contributed by atoms with Gasteiger partial charge < -0.3 is 10.7 Å². The van der Waals surface area contributed by atoms with Gasteiger partial charge in [0.1, 0.15) is 0 Å². The predicted octanol–water partition coefficient (Wildman–Crippen LogP) is 3.88. The number of pyridine rings is 2. The van der Waals surface area contributed by atoms with Crippen molar-refractivity contribution in [1.29, 1.82) is 0 Å². The molecule has 5 heteroatoms. The first-order valence-electron chi connectivity index (χ1n) is 8.41. The lowest BCUT2D eigenvalue weighted by atomic mass is 9.92. The number of fused-ring (bicyclic) bond motifs is 1. The highest BCUT2D eigenvalue weighted by Gasteiger charge is 2.16. The number of rotatable bonds is 4. The van der Waals surface area contributed by atoms with Gasteiger partial charge in [0.2, 0.25) is 5.91 Å². The van der Waals surface area contributed by atoms with E-state index in [0.29, 0.717) is 11.3 Å². The van der Waals surface area contributed by atoms with Crippen LogP contribution in [0, 0.1) is 0 Å². The number of aromatic nitrogens is 3. The van der Waals surface area contributed by atoms with Crippen LogP contribution in [0.4, 0.5) is 0 Å². The van der Waals surface area contributed by atoms with Crippen LogP contribution in [0.2, 0.25) is 0 Å². The maximum absolute atomic E-state index is 11.9. The number of primary amides is 1. The maximum atomic E-state index is 11.9. The van der Waals surface area contributed by atoms with Crippen LogP contribution < -0.4 is 5.73 Å². The lowest BCUT2D eigenvalue weighted by Gasteiger charge is -2.15. The Labute approximate surface area is 150 Å². The summed E-state index contributed by atoms with van der Waals surface area (Å²) in [4.78, 5) is 24.1. The van der Waals surface area contributed by atoms with Crippen LogP contribution in [0.1, 0.15) is 34.5 Å². The highest BCUT2D eigenvalue weighted by atomic mass is 16.1. The highest BCUT2D eigenvalue weighted by Crippen LogP contribution is 2.30. The van der Waals surface area contributed by atoms with E-state index in [1.807, 2.05) is 48.7 Å². The van der Waals surface area contributed by atoms with Crippen LogP contribution in [0.15, 0.2) is 67.1 Å². The van der Waals surface area contributed by atoms with Crippen LogP contribution in [0.5, 0.6) is 0 Å². The number of nitrogens with one attached hydrogen (secondary N) is 1. The fourth-order valence-electron chi connectivity index (χ4n) is 3.15. The number of carbonyl (C=O) groups is 1. The van der Waals surface area contributed by atoms with E-state index in [2.05, 4.69) is 21.9 Å². The summed E-state index contributed by atoms with van der Waals surface area (Å²) < 4.78 is 0. The van der Waals surface area contributed by atoms with E-state index in [0.717, 1.165) is 27.7 Å². The molecule has 0 saturated heterocycles. The standard InChI is InChI=1S/C21H18N4O/c1-13(18-4-2-3-8-23-18)14-5-6-16(21(22)26)17(10-14)20-11-19-15(12-25-20)7-9-24-19/h2-13,24H,1H3,(H2,22,26). The van der Waals surface area contributed by atoms with Crippen molar-refractivity contribution in [3.8, 4) is 11.3 Å². The topological polar surface area (TPSA) is 84.7 Å². The average molecular weight is 342 g/mol. The summed E-state index contributed by atoms with van der Waals surface area (Å²) in [7, 11) is 0. The molecular formula is C21H18N4O. The third kappa shape index (κ3) is 2.84. The molecule has 0 spiro atoms. The first kappa shape index (κ1) is 16.0. The van der Waals surface area contributed by atoms with E-state index in [1.54, 1.807) is 18.5 Å². The molecule has 3 N–H and O–H groups in total. The lowest BCUT2D eigenvalue weighted by Crippen LogP contribution is -2.13. The van der Waals surface area contributed by atoms with Crippen molar-refractivity contribution in [2.75, 3.05) is 0 Å². The van der Waals surface area contributed by atoms with Gasteiger partial charge in [-0.2, -0.15) is 0 Å². The third-order valence-electron chi connectivity index (χ3n) is 4.65. The normalized spacial score (nSPS) is 12.2. The second-order valence-corrected chi connectivity index (χ2v) is 6.28. The highest BCUT2D eigenvalue weighted by molar-refractivity contribution is 6.00. The van der Waals surface area contributed by atoms with Crippen molar-refractivity contribution in [3.63, 3.8) is 0 Å². The number of amides is 1. The predicted molar refractivity (Wildman–Crippen MR) is 102 cm³/mol. The van der Waals surface area contributed by atoms with Gasteiger partial charge in [0, 0.05) is 52.2 Å². The largest absolute Gasteiger partial charge is 0.366 e. The zero-order valence-electron chi connectivity index (χ0n) is 14.3. The summed E-state index contributed by atoms with van der Waals surface area (Å²) in [5.74, 6) is -0.378. The number of carbonyl (C=O) groups excluding carboxylic acids is 1. The summed E-state index contributed by atoms with van der Waals surface area (Å²) in [6, 6.07) is 15.4. The van der Waals surface area contributed by atoms with E-state index in [4.69, 9.17) is 5.73 Å². The van der Waals surface area contributed by atoms with E-state index in [9.17, 15) is 4.79 Å². The van der Waals surface area contributed by atoms with Gasteiger partial charge in [-0.25, -0.2) is 0 Å². The number of benzene rings is 1. The summed E-state index contributed by atoms with van der Waals surface area (Å²) in [5, 5.41) is 1.02. The Morgan fingerprint density at radius 1 is 1.12 bits per heavy atom. The van der Waals surface area contributed by atoms with Crippen LogP contribution >= 0.6 is 0 Å². The molecule has 0 aliphatic heterocycles. The summed E-state index contributed by atoms with van der Waals surface area (Å²) in [5.41, 5.74) is 10.5. The molecule has 0 aliphatic carbocycles. The van der Waals surface area contributed by atoms with Gasteiger partial charge in [-0.3, -0.25) is 14.8 Å². The monoisotopic (exact) mass is 342 g/mol.